The molecule has 0 aliphatic carbocycles. The molecule has 2 unspecified atom stereocenters. The van der Waals surface area contributed by atoms with Gasteiger partial charge in [-0.05, 0) is 37.3 Å². The molecular formula is C18H31ClO3. The molecule has 3 nitrogen and oxygen atoms in total. The first-order valence-electron chi connectivity index (χ1n) is 8.60. The Morgan fingerprint density at radius 3 is 1.77 bits per heavy atom. The molecule has 0 spiro atoms. The van der Waals surface area contributed by atoms with E-state index < -0.39 is 5.97 Å². The highest BCUT2D eigenvalue weighted by molar-refractivity contribution is 6.63. The fraction of sp³-hybridized carbons (Fsp3) is 0.778. The van der Waals surface area contributed by atoms with Gasteiger partial charge in [-0.1, -0.05) is 64.5 Å². The summed E-state index contributed by atoms with van der Waals surface area (Å²) in [6.45, 7) is 4.24. The molecule has 0 aliphatic rings. The van der Waals surface area contributed by atoms with Crippen LogP contribution in [0.25, 0.3) is 0 Å². The van der Waals surface area contributed by atoms with Crippen molar-refractivity contribution in [1.29, 1.82) is 0 Å². The van der Waals surface area contributed by atoms with Crippen LogP contribution in [0.4, 0.5) is 0 Å². The largest absolute Gasteiger partial charge is 0.481 e. The Bertz CT molecular complexity index is 307. The number of carbonyl (C=O) groups excluding carboxylic acids is 1. The molecule has 0 rings (SSSR count). The average molecular weight is 331 g/mol. The molecule has 128 valence electrons. The van der Waals surface area contributed by atoms with Crippen LogP contribution < -0.4 is 0 Å². The lowest BCUT2D eigenvalue weighted by molar-refractivity contribution is -0.141. The smallest absolute Gasteiger partial charge is 0.306 e. The third-order valence-electron chi connectivity index (χ3n) is 3.99. The van der Waals surface area contributed by atoms with E-state index in [1.54, 1.807) is 0 Å². The number of hydrogen-bond acceptors (Lipinski definition) is 2. The van der Waals surface area contributed by atoms with E-state index in [0.717, 1.165) is 51.4 Å². The summed E-state index contributed by atoms with van der Waals surface area (Å²) in [6.07, 6.45) is 12.9. The third-order valence-corrected chi connectivity index (χ3v) is 4.30. The predicted molar refractivity (Wildman–Crippen MR) is 92.1 cm³/mol. The lowest BCUT2D eigenvalue weighted by Crippen LogP contribution is -2.13. The quantitative estimate of drug-likeness (QED) is 0.257. The summed E-state index contributed by atoms with van der Waals surface area (Å²) in [4.78, 5) is 22.6. The summed E-state index contributed by atoms with van der Waals surface area (Å²) in [5, 5.41) is 8.92. The maximum Gasteiger partial charge on any atom is 0.306 e. The number of carboxylic acid groups (broad SMARTS) is 1. The first kappa shape index (κ1) is 21.2. The van der Waals surface area contributed by atoms with Gasteiger partial charge in [0.05, 0.1) is 5.92 Å². The summed E-state index contributed by atoms with van der Waals surface area (Å²) >= 11 is 5.63. The number of carboxylic acids is 1. The number of rotatable bonds is 14. The number of carbonyl (C=O) groups is 2. The Morgan fingerprint density at radius 1 is 0.909 bits per heavy atom. The Morgan fingerprint density at radius 2 is 1.36 bits per heavy atom. The van der Waals surface area contributed by atoms with Gasteiger partial charge in [0.25, 0.3) is 0 Å². The maximum atomic E-state index is 11.4. The number of unbranched alkanes of at least 4 members (excludes halogenated alkanes) is 4. The second-order valence-corrected chi connectivity index (χ2v) is 6.34. The van der Waals surface area contributed by atoms with Gasteiger partial charge < -0.3 is 5.11 Å². The minimum absolute atomic E-state index is 0.132. The molecule has 0 aromatic heterocycles. The van der Waals surface area contributed by atoms with E-state index >= 15 is 0 Å². The zero-order chi connectivity index (χ0) is 16.8. The van der Waals surface area contributed by atoms with E-state index in [1.807, 2.05) is 12.2 Å². The van der Waals surface area contributed by atoms with E-state index in [2.05, 4.69) is 13.8 Å². The molecule has 0 bridgehead atoms. The number of hydrogen-bond donors (Lipinski definition) is 1. The van der Waals surface area contributed by atoms with Crippen LogP contribution in [0.15, 0.2) is 12.2 Å². The molecule has 0 amide bonds. The highest BCUT2D eigenvalue weighted by Crippen LogP contribution is 2.19. The highest BCUT2D eigenvalue weighted by Gasteiger charge is 2.16. The average Bonchev–Trinajstić information content (AvgIpc) is 2.47. The van der Waals surface area contributed by atoms with Gasteiger partial charge in [-0.25, -0.2) is 0 Å². The van der Waals surface area contributed by atoms with Crippen molar-refractivity contribution in [2.45, 2.75) is 78.1 Å². The molecule has 2 atom stereocenters. The minimum Gasteiger partial charge on any atom is -0.481 e. The fourth-order valence-electron chi connectivity index (χ4n) is 2.47. The molecule has 0 saturated heterocycles. The standard InChI is InChI=1S/C18H31ClO3/c1-3-5-7-11-15(17(19)20)12-9-10-14-16(18(21)22)13-8-6-4-2/h9-10,15-16H,3-8,11-14H2,1-2H3,(H,21,22)/b10-9+. The predicted octanol–water partition coefficient (Wildman–Crippen LogP) is 5.57. The summed E-state index contributed by atoms with van der Waals surface area (Å²) in [5.74, 6) is -1.17. The molecule has 0 saturated carbocycles. The van der Waals surface area contributed by atoms with Crippen molar-refractivity contribution in [3.05, 3.63) is 12.2 Å². The van der Waals surface area contributed by atoms with Gasteiger partial charge in [-0.3, -0.25) is 9.59 Å². The van der Waals surface area contributed by atoms with Crippen LogP contribution in [0.1, 0.15) is 78.1 Å². The van der Waals surface area contributed by atoms with Crippen molar-refractivity contribution in [3.63, 3.8) is 0 Å². The van der Waals surface area contributed by atoms with E-state index in [-0.39, 0.29) is 17.1 Å². The van der Waals surface area contributed by atoms with Gasteiger partial charge >= 0.3 is 5.97 Å². The first-order valence-corrected chi connectivity index (χ1v) is 8.97. The van der Waals surface area contributed by atoms with Crippen LogP contribution >= 0.6 is 11.6 Å². The lowest BCUT2D eigenvalue weighted by Gasteiger charge is -2.11. The van der Waals surface area contributed by atoms with E-state index in [0.29, 0.717) is 12.8 Å². The fourth-order valence-corrected chi connectivity index (χ4v) is 2.67. The second kappa shape index (κ2) is 13.8. The molecule has 0 radical (unpaired) electrons. The summed E-state index contributed by atoms with van der Waals surface area (Å²) < 4.78 is 0. The van der Waals surface area contributed by atoms with Crippen LogP contribution in [0, 0.1) is 11.8 Å². The van der Waals surface area contributed by atoms with Crippen molar-refractivity contribution < 1.29 is 14.7 Å². The van der Waals surface area contributed by atoms with Gasteiger partial charge in [0, 0.05) is 5.92 Å². The summed E-state index contributed by atoms with van der Waals surface area (Å²) in [7, 11) is 0. The lowest BCUT2D eigenvalue weighted by atomic mass is 9.96. The van der Waals surface area contributed by atoms with Crippen LogP contribution in [0.5, 0.6) is 0 Å². The summed E-state index contributed by atoms with van der Waals surface area (Å²) in [5.41, 5.74) is 0. The van der Waals surface area contributed by atoms with Crippen molar-refractivity contribution in [1.82, 2.24) is 0 Å². The minimum atomic E-state index is -0.728. The zero-order valence-electron chi connectivity index (χ0n) is 14.0. The van der Waals surface area contributed by atoms with E-state index in [4.69, 9.17) is 11.6 Å². The number of aliphatic carboxylic acids is 1. The van der Waals surface area contributed by atoms with Gasteiger partial charge in [0.1, 0.15) is 0 Å². The van der Waals surface area contributed by atoms with Crippen molar-refractivity contribution >= 4 is 22.8 Å². The Kier molecular flexibility index (Phi) is 13.3. The Hall–Kier alpha value is -0.830. The van der Waals surface area contributed by atoms with Crippen molar-refractivity contribution in [3.8, 4) is 0 Å². The van der Waals surface area contributed by atoms with Gasteiger partial charge in [0.2, 0.25) is 5.24 Å². The monoisotopic (exact) mass is 330 g/mol. The van der Waals surface area contributed by atoms with Gasteiger partial charge in [0.15, 0.2) is 0 Å². The molecular weight excluding hydrogens is 300 g/mol. The first-order chi connectivity index (χ1) is 10.5. The summed E-state index contributed by atoms with van der Waals surface area (Å²) in [6, 6.07) is 0. The Labute approximate surface area is 140 Å². The van der Waals surface area contributed by atoms with Crippen LogP contribution in [-0.2, 0) is 9.59 Å². The Balaban J connectivity index is 4.18. The van der Waals surface area contributed by atoms with Crippen molar-refractivity contribution in [2.75, 3.05) is 0 Å². The van der Waals surface area contributed by atoms with Crippen molar-refractivity contribution in [2.24, 2.45) is 11.8 Å². The number of allylic oxidation sites excluding steroid dienone is 2. The van der Waals surface area contributed by atoms with Gasteiger partial charge in [-0.2, -0.15) is 0 Å². The van der Waals surface area contributed by atoms with Gasteiger partial charge in [-0.15, -0.1) is 0 Å². The molecule has 0 heterocycles. The molecule has 1 N–H and O–H groups in total. The SMILES string of the molecule is CCCCCC(C/C=C/CC(CCCCC)C(=O)Cl)C(=O)O. The maximum absolute atomic E-state index is 11.4. The molecule has 4 heteroatoms. The second-order valence-electron chi connectivity index (χ2n) is 5.97. The zero-order valence-corrected chi connectivity index (χ0v) is 14.8. The van der Waals surface area contributed by atoms with Crippen LogP contribution in [-0.4, -0.2) is 16.3 Å². The van der Waals surface area contributed by atoms with E-state index in [9.17, 15) is 14.7 Å². The molecule has 0 aliphatic heterocycles. The molecule has 0 aromatic carbocycles. The normalized spacial score (nSPS) is 14.1. The van der Waals surface area contributed by atoms with E-state index in [1.165, 1.54) is 0 Å². The number of halogens is 1. The molecule has 22 heavy (non-hydrogen) atoms. The highest BCUT2D eigenvalue weighted by atomic mass is 35.5. The third kappa shape index (κ3) is 10.8. The topological polar surface area (TPSA) is 54.4 Å². The van der Waals surface area contributed by atoms with Crippen LogP contribution in [0.2, 0.25) is 0 Å². The molecule has 0 fully saturated rings. The van der Waals surface area contributed by atoms with Crippen LogP contribution in [0.3, 0.4) is 0 Å². The molecule has 0 aromatic rings.